The second kappa shape index (κ2) is 8.55. The molecule has 32 heavy (non-hydrogen) atoms. The first-order valence-corrected chi connectivity index (χ1v) is 12.5. The molecule has 5 rings (SSSR count). The Morgan fingerprint density at radius 2 is 1.75 bits per heavy atom. The van der Waals surface area contributed by atoms with Gasteiger partial charge in [0.2, 0.25) is 15.9 Å². The summed E-state index contributed by atoms with van der Waals surface area (Å²) in [6, 6.07) is 14.8. The SMILES string of the molecule is O=C(Nc1cccc(S(=O)(=O)N2CCCC2)c1)C1CCN(c2nc3ccccc3o2)CC1. The topological polar surface area (TPSA) is 95.8 Å². The molecule has 1 N–H and O–H groups in total. The van der Waals surface area contributed by atoms with Gasteiger partial charge in [-0.25, -0.2) is 8.42 Å². The maximum Gasteiger partial charge on any atom is 0.298 e. The Bertz CT molecular complexity index is 1190. The predicted octanol–water partition coefficient (Wildman–Crippen LogP) is 3.47. The minimum atomic E-state index is -3.51. The van der Waals surface area contributed by atoms with Crippen molar-refractivity contribution in [2.45, 2.75) is 30.6 Å². The minimum absolute atomic E-state index is 0.0852. The quantitative estimate of drug-likeness (QED) is 0.634. The number of fused-ring (bicyclic) bond motifs is 1. The number of carbonyl (C=O) groups excluding carboxylic acids is 1. The lowest BCUT2D eigenvalue weighted by Crippen LogP contribution is -2.38. The van der Waals surface area contributed by atoms with Gasteiger partial charge in [-0.05, 0) is 56.0 Å². The maximum absolute atomic E-state index is 12.8. The molecule has 0 bridgehead atoms. The Morgan fingerprint density at radius 3 is 2.50 bits per heavy atom. The molecule has 0 unspecified atom stereocenters. The van der Waals surface area contributed by atoms with Crippen molar-refractivity contribution in [1.29, 1.82) is 0 Å². The third-order valence-corrected chi connectivity index (χ3v) is 8.12. The van der Waals surface area contributed by atoms with Crippen LogP contribution in [-0.2, 0) is 14.8 Å². The molecule has 2 aliphatic heterocycles. The van der Waals surface area contributed by atoms with Gasteiger partial charge in [0.1, 0.15) is 5.52 Å². The second-order valence-electron chi connectivity index (χ2n) is 8.35. The van der Waals surface area contributed by atoms with Crippen molar-refractivity contribution >= 4 is 38.7 Å². The molecule has 0 atom stereocenters. The third-order valence-electron chi connectivity index (χ3n) is 6.22. The fraction of sp³-hybridized carbons (Fsp3) is 0.391. The fourth-order valence-electron chi connectivity index (χ4n) is 4.38. The molecule has 0 spiro atoms. The number of hydrogen-bond donors (Lipinski definition) is 1. The van der Waals surface area contributed by atoms with E-state index in [9.17, 15) is 13.2 Å². The number of para-hydroxylation sites is 2. The summed E-state index contributed by atoms with van der Waals surface area (Å²) in [5, 5.41) is 2.91. The van der Waals surface area contributed by atoms with Crippen LogP contribution in [0.5, 0.6) is 0 Å². The highest BCUT2D eigenvalue weighted by Crippen LogP contribution is 2.28. The second-order valence-corrected chi connectivity index (χ2v) is 10.3. The molecule has 3 heterocycles. The first-order valence-electron chi connectivity index (χ1n) is 11.0. The van der Waals surface area contributed by atoms with Gasteiger partial charge in [-0.2, -0.15) is 9.29 Å². The first-order chi connectivity index (χ1) is 15.5. The monoisotopic (exact) mass is 454 g/mol. The van der Waals surface area contributed by atoms with Gasteiger partial charge >= 0.3 is 0 Å². The summed E-state index contributed by atoms with van der Waals surface area (Å²) >= 11 is 0. The largest absolute Gasteiger partial charge is 0.423 e. The standard InChI is InChI=1S/C23H26N4O4S/c28-22(24-18-6-5-7-19(16-18)32(29,30)27-12-3-4-13-27)17-10-14-26(15-11-17)23-25-20-8-1-2-9-21(20)31-23/h1-2,5-9,16-17H,3-4,10-15H2,(H,24,28). The summed E-state index contributed by atoms with van der Waals surface area (Å²) in [6.45, 7) is 2.46. The maximum atomic E-state index is 12.8. The number of rotatable bonds is 5. The summed E-state index contributed by atoms with van der Waals surface area (Å²) in [5.41, 5.74) is 2.09. The van der Waals surface area contributed by atoms with Crippen LogP contribution < -0.4 is 10.2 Å². The van der Waals surface area contributed by atoms with Crippen molar-refractivity contribution in [3.05, 3.63) is 48.5 Å². The smallest absolute Gasteiger partial charge is 0.298 e. The van der Waals surface area contributed by atoms with Gasteiger partial charge in [0, 0.05) is 37.8 Å². The summed E-state index contributed by atoms with van der Waals surface area (Å²) in [5.74, 6) is -0.229. The summed E-state index contributed by atoms with van der Waals surface area (Å²) in [7, 11) is -3.51. The van der Waals surface area contributed by atoms with Crippen molar-refractivity contribution in [3.8, 4) is 0 Å². The van der Waals surface area contributed by atoms with Crippen LogP contribution in [0.25, 0.3) is 11.1 Å². The van der Waals surface area contributed by atoms with Gasteiger partial charge < -0.3 is 14.6 Å². The number of anilines is 2. The Labute approximate surface area is 187 Å². The van der Waals surface area contributed by atoms with Gasteiger partial charge in [0.15, 0.2) is 5.58 Å². The molecule has 1 amide bonds. The number of hydrogen-bond acceptors (Lipinski definition) is 6. The van der Waals surface area contributed by atoms with Crippen LogP contribution in [0.3, 0.4) is 0 Å². The third kappa shape index (κ3) is 4.10. The molecule has 2 aromatic carbocycles. The molecule has 2 fully saturated rings. The van der Waals surface area contributed by atoms with Crippen molar-refractivity contribution in [2.75, 3.05) is 36.4 Å². The lowest BCUT2D eigenvalue weighted by molar-refractivity contribution is -0.120. The average molecular weight is 455 g/mol. The van der Waals surface area contributed by atoms with Crippen molar-refractivity contribution < 1.29 is 17.6 Å². The number of amides is 1. The van der Waals surface area contributed by atoms with Crippen LogP contribution in [-0.4, -0.2) is 49.8 Å². The molecular weight excluding hydrogens is 428 g/mol. The van der Waals surface area contributed by atoms with Crippen LogP contribution in [0.2, 0.25) is 0 Å². The molecule has 0 radical (unpaired) electrons. The highest BCUT2D eigenvalue weighted by Gasteiger charge is 2.29. The van der Waals surface area contributed by atoms with Gasteiger partial charge in [0.05, 0.1) is 4.90 Å². The summed E-state index contributed by atoms with van der Waals surface area (Å²) in [4.78, 5) is 19.7. The predicted molar refractivity (Wildman–Crippen MR) is 122 cm³/mol. The molecule has 1 aromatic heterocycles. The normalized spacial score (nSPS) is 18.3. The summed E-state index contributed by atoms with van der Waals surface area (Å²) in [6.07, 6.45) is 3.13. The minimum Gasteiger partial charge on any atom is -0.423 e. The van der Waals surface area contributed by atoms with Crippen LogP contribution in [0.4, 0.5) is 11.7 Å². The van der Waals surface area contributed by atoms with Gasteiger partial charge in [-0.3, -0.25) is 4.79 Å². The van der Waals surface area contributed by atoms with E-state index < -0.39 is 10.0 Å². The molecule has 9 heteroatoms. The molecule has 2 saturated heterocycles. The molecule has 2 aliphatic rings. The molecular formula is C23H26N4O4S. The van der Waals surface area contributed by atoms with Gasteiger partial charge in [0.25, 0.3) is 6.01 Å². The van der Waals surface area contributed by atoms with E-state index >= 15 is 0 Å². The van der Waals surface area contributed by atoms with E-state index in [4.69, 9.17) is 4.42 Å². The zero-order valence-electron chi connectivity index (χ0n) is 17.7. The van der Waals surface area contributed by atoms with E-state index in [1.807, 2.05) is 24.3 Å². The van der Waals surface area contributed by atoms with Gasteiger partial charge in [-0.15, -0.1) is 0 Å². The zero-order chi connectivity index (χ0) is 22.1. The number of carbonyl (C=O) groups is 1. The highest BCUT2D eigenvalue weighted by atomic mass is 32.2. The molecule has 0 aliphatic carbocycles. The Kier molecular flexibility index (Phi) is 5.60. The van der Waals surface area contributed by atoms with Crippen LogP contribution in [0, 0.1) is 5.92 Å². The molecule has 8 nitrogen and oxygen atoms in total. The number of sulfonamides is 1. The number of oxazole rings is 1. The van der Waals surface area contributed by atoms with Gasteiger partial charge in [-0.1, -0.05) is 18.2 Å². The number of nitrogens with zero attached hydrogens (tertiary/aromatic N) is 3. The van der Waals surface area contributed by atoms with Crippen molar-refractivity contribution in [3.63, 3.8) is 0 Å². The Hall–Kier alpha value is -2.91. The van der Waals surface area contributed by atoms with E-state index in [1.165, 1.54) is 4.31 Å². The number of piperidine rings is 1. The molecule has 3 aromatic rings. The number of nitrogens with one attached hydrogen (secondary N) is 1. The fourth-order valence-corrected chi connectivity index (χ4v) is 5.95. The first kappa shape index (κ1) is 21.0. The summed E-state index contributed by atoms with van der Waals surface area (Å²) < 4.78 is 33.0. The van der Waals surface area contributed by atoms with E-state index in [1.54, 1.807) is 24.3 Å². The lowest BCUT2D eigenvalue weighted by atomic mass is 9.96. The van der Waals surface area contributed by atoms with Crippen LogP contribution >= 0.6 is 0 Å². The van der Waals surface area contributed by atoms with Crippen LogP contribution in [0.15, 0.2) is 57.8 Å². The Balaban J connectivity index is 1.21. The Morgan fingerprint density at radius 1 is 1.00 bits per heavy atom. The molecule has 168 valence electrons. The van der Waals surface area contributed by atoms with Crippen molar-refractivity contribution in [1.82, 2.24) is 9.29 Å². The van der Waals surface area contributed by atoms with E-state index in [0.29, 0.717) is 50.7 Å². The van der Waals surface area contributed by atoms with E-state index in [-0.39, 0.29) is 16.7 Å². The van der Waals surface area contributed by atoms with Crippen molar-refractivity contribution in [2.24, 2.45) is 5.92 Å². The molecule has 0 saturated carbocycles. The van der Waals surface area contributed by atoms with E-state index in [0.717, 1.165) is 23.9 Å². The van der Waals surface area contributed by atoms with Crippen LogP contribution in [0.1, 0.15) is 25.7 Å². The lowest BCUT2D eigenvalue weighted by Gasteiger charge is -2.30. The zero-order valence-corrected chi connectivity index (χ0v) is 18.6. The number of benzene rings is 2. The van der Waals surface area contributed by atoms with E-state index in [2.05, 4.69) is 15.2 Å². The average Bonchev–Trinajstić information content (AvgIpc) is 3.50. The number of aromatic nitrogens is 1. The highest BCUT2D eigenvalue weighted by molar-refractivity contribution is 7.89.